The molecule has 0 saturated carbocycles. The van der Waals surface area contributed by atoms with Crippen LogP contribution in [0.5, 0.6) is 0 Å². The Morgan fingerprint density at radius 3 is 1.89 bits per heavy atom. The zero-order chi connectivity index (χ0) is 13.0. The molecule has 0 amide bonds. The van der Waals surface area contributed by atoms with Crippen LogP contribution in [0.3, 0.4) is 0 Å². The van der Waals surface area contributed by atoms with Gasteiger partial charge in [-0.1, -0.05) is 66.2 Å². The van der Waals surface area contributed by atoms with Crippen LogP contribution in [0.4, 0.5) is 0 Å². The number of hydrogen-bond donors (Lipinski definition) is 0. The summed E-state index contributed by atoms with van der Waals surface area (Å²) in [6.07, 6.45) is 4.38. The highest BCUT2D eigenvalue weighted by molar-refractivity contribution is 5.46. The van der Waals surface area contributed by atoms with Crippen molar-refractivity contribution in [1.29, 1.82) is 0 Å². The van der Waals surface area contributed by atoms with Crippen LogP contribution < -0.4 is 0 Å². The third-order valence-corrected chi connectivity index (χ3v) is 3.21. The monoisotopic (exact) mass is 236 g/mol. The number of benzene rings is 2. The van der Waals surface area contributed by atoms with Crippen LogP contribution in [0.1, 0.15) is 27.8 Å². The van der Waals surface area contributed by atoms with Crippen molar-refractivity contribution in [2.75, 3.05) is 0 Å². The lowest BCUT2D eigenvalue weighted by atomic mass is 10.2. The summed E-state index contributed by atoms with van der Waals surface area (Å²) >= 11 is 0. The summed E-state index contributed by atoms with van der Waals surface area (Å²) in [4.78, 5) is 0. The van der Waals surface area contributed by atoms with E-state index in [1.165, 1.54) is 40.7 Å². The minimum absolute atomic E-state index is 1.18. The number of fused-ring (bicyclic) bond motifs is 2. The molecule has 0 unspecified atom stereocenters. The van der Waals surface area contributed by atoms with E-state index < -0.39 is 0 Å². The first-order chi connectivity index (χ1) is 8.67. The molecule has 92 valence electrons. The first-order valence-corrected chi connectivity index (χ1v) is 6.46. The average Bonchev–Trinajstić information content (AvgIpc) is 2.71. The van der Waals surface area contributed by atoms with Crippen molar-refractivity contribution < 1.29 is 0 Å². The maximum absolute atomic E-state index is 3.66. The largest absolute Gasteiger partial charge is 0.0985 e. The Kier molecular flexibility index (Phi) is 3.99. The van der Waals surface area contributed by atoms with Gasteiger partial charge in [-0.25, -0.2) is 0 Å². The van der Waals surface area contributed by atoms with E-state index in [0.717, 1.165) is 0 Å². The fraction of sp³-hybridized carbons (Fsp3) is 0.222. The SMILES string of the molecule is C=Cc1ccc(C)cc1.Cc1cc2cc(c1)CC2. The van der Waals surface area contributed by atoms with Crippen molar-refractivity contribution in [2.45, 2.75) is 26.7 Å². The summed E-state index contributed by atoms with van der Waals surface area (Å²) in [7, 11) is 0. The Balaban J connectivity index is 0.000000134. The topological polar surface area (TPSA) is 0 Å². The summed E-state index contributed by atoms with van der Waals surface area (Å²) < 4.78 is 0. The molecular weight excluding hydrogens is 216 g/mol. The summed E-state index contributed by atoms with van der Waals surface area (Å²) in [5.74, 6) is 0. The highest BCUT2D eigenvalue weighted by Gasteiger charge is 2.05. The molecule has 0 heterocycles. The molecule has 3 rings (SSSR count). The van der Waals surface area contributed by atoms with Gasteiger partial charge >= 0.3 is 0 Å². The highest BCUT2D eigenvalue weighted by Crippen LogP contribution is 2.18. The Morgan fingerprint density at radius 2 is 1.39 bits per heavy atom. The smallest absolute Gasteiger partial charge is 0.0238 e. The Hall–Kier alpha value is -1.82. The van der Waals surface area contributed by atoms with Gasteiger partial charge in [-0.2, -0.15) is 0 Å². The average molecular weight is 236 g/mol. The van der Waals surface area contributed by atoms with Crippen molar-refractivity contribution in [3.05, 3.63) is 76.9 Å². The molecule has 0 aromatic heterocycles. The van der Waals surface area contributed by atoms with E-state index in [9.17, 15) is 0 Å². The summed E-state index contributed by atoms with van der Waals surface area (Å²) in [5.41, 5.74) is 6.93. The van der Waals surface area contributed by atoms with Gasteiger partial charge in [0.15, 0.2) is 0 Å². The molecule has 0 saturated heterocycles. The van der Waals surface area contributed by atoms with E-state index in [0.29, 0.717) is 0 Å². The van der Waals surface area contributed by atoms with Gasteiger partial charge in [-0.05, 0) is 43.4 Å². The second-order valence-electron chi connectivity index (χ2n) is 4.94. The van der Waals surface area contributed by atoms with E-state index in [4.69, 9.17) is 0 Å². The minimum atomic E-state index is 1.18. The molecule has 0 fully saturated rings. The van der Waals surface area contributed by atoms with Crippen LogP contribution in [0, 0.1) is 13.8 Å². The van der Waals surface area contributed by atoms with Gasteiger partial charge in [0.1, 0.15) is 0 Å². The number of hydrogen-bond acceptors (Lipinski definition) is 0. The van der Waals surface area contributed by atoms with Gasteiger partial charge < -0.3 is 0 Å². The molecule has 1 aliphatic carbocycles. The molecule has 0 N–H and O–H groups in total. The maximum atomic E-state index is 3.66. The van der Waals surface area contributed by atoms with Crippen LogP contribution in [-0.4, -0.2) is 0 Å². The molecule has 0 atom stereocenters. The van der Waals surface area contributed by atoms with Crippen molar-refractivity contribution in [1.82, 2.24) is 0 Å². The molecule has 0 radical (unpaired) electrons. The van der Waals surface area contributed by atoms with Crippen LogP contribution >= 0.6 is 0 Å². The zero-order valence-corrected chi connectivity index (χ0v) is 11.2. The number of aryl methyl sites for hydroxylation is 4. The summed E-state index contributed by atoms with van der Waals surface area (Å²) in [6, 6.07) is 15.1. The van der Waals surface area contributed by atoms with Crippen LogP contribution in [-0.2, 0) is 12.8 Å². The summed E-state index contributed by atoms with van der Waals surface area (Å²) in [6.45, 7) is 7.90. The van der Waals surface area contributed by atoms with Crippen molar-refractivity contribution in [3.8, 4) is 0 Å². The lowest BCUT2D eigenvalue weighted by Gasteiger charge is -1.91. The van der Waals surface area contributed by atoms with Crippen LogP contribution in [0.25, 0.3) is 6.08 Å². The minimum Gasteiger partial charge on any atom is -0.0985 e. The quantitative estimate of drug-likeness (QED) is 0.671. The predicted molar refractivity (Wildman–Crippen MR) is 79.9 cm³/mol. The first-order valence-electron chi connectivity index (χ1n) is 6.46. The fourth-order valence-corrected chi connectivity index (χ4v) is 2.23. The molecule has 2 aromatic carbocycles. The van der Waals surface area contributed by atoms with Crippen molar-refractivity contribution >= 4 is 6.08 Å². The van der Waals surface area contributed by atoms with Crippen molar-refractivity contribution in [2.24, 2.45) is 0 Å². The van der Waals surface area contributed by atoms with E-state index in [2.05, 4.69) is 62.9 Å². The van der Waals surface area contributed by atoms with Gasteiger partial charge in [-0.15, -0.1) is 0 Å². The Morgan fingerprint density at radius 1 is 0.833 bits per heavy atom. The normalized spacial score (nSPS) is 11.7. The van der Waals surface area contributed by atoms with Crippen LogP contribution in [0.15, 0.2) is 49.0 Å². The molecule has 0 heteroatoms. The lowest BCUT2D eigenvalue weighted by molar-refractivity contribution is 1.03. The van der Waals surface area contributed by atoms with Crippen molar-refractivity contribution in [3.63, 3.8) is 0 Å². The Bertz CT molecular complexity index is 510. The zero-order valence-electron chi connectivity index (χ0n) is 11.2. The second kappa shape index (κ2) is 5.68. The first kappa shape index (κ1) is 12.6. The maximum Gasteiger partial charge on any atom is -0.0238 e. The molecule has 0 spiro atoms. The molecule has 18 heavy (non-hydrogen) atoms. The van der Waals surface area contributed by atoms with E-state index in [-0.39, 0.29) is 0 Å². The molecule has 2 bridgehead atoms. The van der Waals surface area contributed by atoms with Gasteiger partial charge in [0.05, 0.1) is 0 Å². The summed E-state index contributed by atoms with van der Waals surface area (Å²) in [5, 5.41) is 0. The lowest BCUT2D eigenvalue weighted by Crippen LogP contribution is -1.72. The highest BCUT2D eigenvalue weighted by atomic mass is 14.1. The van der Waals surface area contributed by atoms with Gasteiger partial charge in [0, 0.05) is 0 Å². The standard InChI is InChI=1S/2C9H10/c1-7-4-8-2-3-9(5-7)6-8;1-3-9-6-4-8(2)5-7-9/h4-6H,2-3H2,1H3;3-7H,1H2,2H3. The van der Waals surface area contributed by atoms with Gasteiger partial charge in [-0.3, -0.25) is 0 Å². The number of rotatable bonds is 1. The molecule has 0 aliphatic heterocycles. The predicted octanol–water partition coefficient (Wildman–Crippen LogP) is 4.73. The van der Waals surface area contributed by atoms with E-state index >= 15 is 0 Å². The van der Waals surface area contributed by atoms with E-state index in [1.54, 1.807) is 0 Å². The van der Waals surface area contributed by atoms with Crippen LogP contribution in [0.2, 0.25) is 0 Å². The van der Waals surface area contributed by atoms with Gasteiger partial charge in [0.2, 0.25) is 0 Å². The molecule has 1 aliphatic rings. The fourth-order valence-electron chi connectivity index (χ4n) is 2.23. The van der Waals surface area contributed by atoms with Gasteiger partial charge in [0.25, 0.3) is 0 Å². The Labute approximate surface area is 110 Å². The molecule has 2 aromatic rings. The third-order valence-electron chi connectivity index (χ3n) is 3.21. The molecular formula is C18H20. The molecule has 0 nitrogen and oxygen atoms in total. The second-order valence-corrected chi connectivity index (χ2v) is 4.94. The van der Waals surface area contributed by atoms with E-state index in [1.807, 2.05) is 6.08 Å². The third kappa shape index (κ3) is 3.33.